The quantitative estimate of drug-likeness (QED) is 0.275. The summed E-state index contributed by atoms with van der Waals surface area (Å²) < 4.78 is 0. The van der Waals surface area contributed by atoms with Crippen LogP contribution >= 0.6 is 0 Å². The van der Waals surface area contributed by atoms with Gasteiger partial charge in [-0.05, 0) is 25.7 Å². The molecule has 3 N–H and O–H groups in total. The Bertz CT molecular complexity index is 162. The number of nitrogens with one attached hydrogen (secondary N) is 1. The summed E-state index contributed by atoms with van der Waals surface area (Å²) in [5.41, 5.74) is 2.61. The predicted octanol–water partition coefficient (Wildman–Crippen LogP) is 0.167. The van der Waals surface area contributed by atoms with Gasteiger partial charge in [0.1, 0.15) is 0 Å². The van der Waals surface area contributed by atoms with Gasteiger partial charge in [-0.2, -0.15) is 0 Å². The molecule has 0 unspecified atom stereocenters. The molecule has 0 atom stereocenters. The Labute approximate surface area is 73.8 Å². The molecule has 0 radical (unpaired) electrons. The highest BCUT2D eigenvalue weighted by atomic mass is 15.4. The van der Waals surface area contributed by atoms with Crippen LogP contribution in [0.5, 0.6) is 0 Å². The zero-order chi connectivity index (χ0) is 8.97. The SMILES string of the molecule is CCN=C(NN)N(C)CC1CC1. The highest BCUT2D eigenvalue weighted by Crippen LogP contribution is 2.29. The highest BCUT2D eigenvalue weighted by molar-refractivity contribution is 5.79. The molecule has 1 fully saturated rings. The molecule has 0 aromatic rings. The first-order valence-electron chi connectivity index (χ1n) is 4.50. The van der Waals surface area contributed by atoms with Crippen LogP contribution in [0.15, 0.2) is 4.99 Å². The largest absolute Gasteiger partial charge is 0.345 e. The van der Waals surface area contributed by atoms with E-state index in [9.17, 15) is 0 Å². The maximum absolute atomic E-state index is 5.33. The molecular weight excluding hydrogens is 152 g/mol. The zero-order valence-electron chi connectivity index (χ0n) is 7.88. The van der Waals surface area contributed by atoms with Gasteiger partial charge < -0.3 is 4.90 Å². The van der Waals surface area contributed by atoms with Crippen LogP contribution in [0.25, 0.3) is 0 Å². The van der Waals surface area contributed by atoms with Crippen molar-refractivity contribution in [2.75, 3.05) is 20.1 Å². The van der Waals surface area contributed by atoms with Crippen molar-refractivity contribution in [3.05, 3.63) is 0 Å². The molecule has 0 aliphatic heterocycles. The van der Waals surface area contributed by atoms with Gasteiger partial charge >= 0.3 is 0 Å². The van der Waals surface area contributed by atoms with Gasteiger partial charge in [-0.3, -0.25) is 10.4 Å². The number of rotatable bonds is 3. The summed E-state index contributed by atoms with van der Waals surface area (Å²) in [5.74, 6) is 7.00. The lowest BCUT2D eigenvalue weighted by Crippen LogP contribution is -2.43. The van der Waals surface area contributed by atoms with Crippen LogP contribution in [0.2, 0.25) is 0 Å². The number of nitrogens with two attached hydrogens (primary N) is 1. The Morgan fingerprint density at radius 1 is 1.67 bits per heavy atom. The molecule has 0 aromatic carbocycles. The Kier molecular flexibility index (Phi) is 3.34. The number of guanidine groups is 1. The van der Waals surface area contributed by atoms with E-state index in [2.05, 4.69) is 15.3 Å². The van der Waals surface area contributed by atoms with Crippen LogP contribution < -0.4 is 11.3 Å². The topological polar surface area (TPSA) is 53.6 Å². The number of hydrazine groups is 1. The van der Waals surface area contributed by atoms with Crippen molar-refractivity contribution in [1.82, 2.24) is 10.3 Å². The van der Waals surface area contributed by atoms with Crippen LogP contribution in [0.3, 0.4) is 0 Å². The number of nitrogens with zero attached hydrogens (tertiary/aromatic N) is 2. The lowest BCUT2D eigenvalue weighted by atomic mass is 10.4. The Balaban J connectivity index is 2.34. The van der Waals surface area contributed by atoms with Gasteiger partial charge in [0.15, 0.2) is 0 Å². The number of aliphatic imine (C=N–C) groups is 1. The van der Waals surface area contributed by atoms with E-state index in [4.69, 9.17) is 5.84 Å². The fraction of sp³-hybridized carbons (Fsp3) is 0.875. The van der Waals surface area contributed by atoms with Gasteiger partial charge in [0.2, 0.25) is 5.96 Å². The monoisotopic (exact) mass is 170 g/mol. The molecule has 1 saturated carbocycles. The van der Waals surface area contributed by atoms with Crippen molar-refractivity contribution in [2.24, 2.45) is 16.8 Å². The molecule has 0 heterocycles. The summed E-state index contributed by atoms with van der Waals surface area (Å²) in [4.78, 5) is 6.31. The number of hydrogen-bond acceptors (Lipinski definition) is 2. The minimum Gasteiger partial charge on any atom is -0.345 e. The standard InChI is InChI=1S/C8H18N4/c1-3-10-8(11-9)12(2)6-7-4-5-7/h7H,3-6,9H2,1-2H3,(H,10,11). The minimum absolute atomic E-state index is 0.772. The molecular formula is C8H18N4. The molecule has 4 heteroatoms. The normalized spacial score (nSPS) is 17.8. The Morgan fingerprint density at radius 2 is 2.33 bits per heavy atom. The average molecular weight is 170 g/mol. The van der Waals surface area contributed by atoms with Gasteiger partial charge in [0.25, 0.3) is 0 Å². The molecule has 12 heavy (non-hydrogen) atoms. The summed E-state index contributed by atoms with van der Waals surface area (Å²) in [6.07, 6.45) is 2.71. The molecule has 70 valence electrons. The van der Waals surface area contributed by atoms with Crippen molar-refractivity contribution in [1.29, 1.82) is 0 Å². The molecule has 1 rings (SSSR count). The first-order valence-corrected chi connectivity index (χ1v) is 4.50. The fourth-order valence-electron chi connectivity index (χ4n) is 1.20. The second kappa shape index (κ2) is 4.30. The van der Waals surface area contributed by atoms with E-state index in [-0.39, 0.29) is 0 Å². The van der Waals surface area contributed by atoms with Gasteiger partial charge in [0, 0.05) is 20.1 Å². The van der Waals surface area contributed by atoms with Gasteiger partial charge in [-0.15, -0.1) is 0 Å². The van der Waals surface area contributed by atoms with E-state index in [1.165, 1.54) is 12.8 Å². The second-order valence-electron chi connectivity index (χ2n) is 3.27. The summed E-state index contributed by atoms with van der Waals surface area (Å²) in [5, 5.41) is 0. The highest BCUT2D eigenvalue weighted by Gasteiger charge is 2.23. The molecule has 0 aromatic heterocycles. The molecule has 0 amide bonds. The van der Waals surface area contributed by atoms with Gasteiger partial charge in [-0.25, -0.2) is 5.84 Å². The Morgan fingerprint density at radius 3 is 2.75 bits per heavy atom. The van der Waals surface area contributed by atoms with E-state index in [1.54, 1.807) is 0 Å². The van der Waals surface area contributed by atoms with E-state index in [0.29, 0.717) is 0 Å². The average Bonchev–Trinajstić information content (AvgIpc) is 2.83. The summed E-state index contributed by atoms with van der Waals surface area (Å²) >= 11 is 0. The summed E-state index contributed by atoms with van der Waals surface area (Å²) in [7, 11) is 2.02. The van der Waals surface area contributed by atoms with Crippen molar-refractivity contribution in [3.63, 3.8) is 0 Å². The van der Waals surface area contributed by atoms with E-state index >= 15 is 0 Å². The predicted molar refractivity (Wildman–Crippen MR) is 50.7 cm³/mol. The van der Waals surface area contributed by atoms with E-state index in [1.807, 2.05) is 14.0 Å². The molecule has 0 spiro atoms. The third kappa shape index (κ3) is 2.70. The van der Waals surface area contributed by atoms with Crippen LogP contribution in [-0.2, 0) is 0 Å². The van der Waals surface area contributed by atoms with Crippen LogP contribution in [0.4, 0.5) is 0 Å². The van der Waals surface area contributed by atoms with Crippen LogP contribution in [0.1, 0.15) is 19.8 Å². The lowest BCUT2D eigenvalue weighted by Gasteiger charge is -2.19. The molecule has 1 aliphatic carbocycles. The summed E-state index contributed by atoms with van der Waals surface area (Å²) in [6.45, 7) is 3.85. The van der Waals surface area contributed by atoms with Crippen molar-refractivity contribution < 1.29 is 0 Å². The minimum atomic E-state index is 0.772. The molecule has 4 nitrogen and oxygen atoms in total. The molecule has 0 saturated heterocycles. The summed E-state index contributed by atoms with van der Waals surface area (Å²) in [6, 6.07) is 0. The zero-order valence-corrected chi connectivity index (χ0v) is 7.88. The molecule has 1 aliphatic rings. The van der Waals surface area contributed by atoms with Crippen LogP contribution in [-0.4, -0.2) is 31.0 Å². The van der Waals surface area contributed by atoms with Crippen molar-refractivity contribution >= 4 is 5.96 Å². The third-order valence-electron chi connectivity index (χ3n) is 2.03. The van der Waals surface area contributed by atoms with Crippen LogP contribution in [0, 0.1) is 5.92 Å². The van der Waals surface area contributed by atoms with E-state index < -0.39 is 0 Å². The van der Waals surface area contributed by atoms with Crippen molar-refractivity contribution in [3.8, 4) is 0 Å². The second-order valence-corrected chi connectivity index (χ2v) is 3.27. The van der Waals surface area contributed by atoms with Crippen molar-refractivity contribution in [2.45, 2.75) is 19.8 Å². The Hall–Kier alpha value is -0.770. The first kappa shape index (κ1) is 9.32. The van der Waals surface area contributed by atoms with Gasteiger partial charge in [0.05, 0.1) is 0 Å². The lowest BCUT2D eigenvalue weighted by molar-refractivity contribution is 0.456. The maximum Gasteiger partial charge on any atom is 0.208 e. The third-order valence-corrected chi connectivity index (χ3v) is 2.03. The first-order chi connectivity index (χ1) is 5.77. The van der Waals surface area contributed by atoms with Gasteiger partial charge in [-0.1, -0.05) is 0 Å². The maximum atomic E-state index is 5.33. The smallest absolute Gasteiger partial charge is 0.208 e. The fourth-order valence-corrected chi connectivity index (χ4v) is 1.20. The van der Waals surface area contributed by atoms with E-state index in [0.717, 1.165) is 25.0 Å². The molecule has 0 bridgehead atoms. The number of hydrogen-bond donors (Lipinski definition) is 2.